The molecule has 0 saturated carbocycles. The van der Waals surface area contributed by atoms with E-state index in [1.54, 1.807) is 24.4 Å². The number of amides is 3. The number of anilines is 3. The molecule has 3 amide bonds. The molecule has 1 aliphatic heterocycles. The molecule has 3 aromatic carbocycles. The first-order valence-corrected chi connectivity index (χ1v) is 14.7. The molecule has 1 aliphatic rings. The maximum atomic E-state index is 13.4. The van der Waals surface area contributed by atoms with E-state index in [0.29, 0.717) is 41.7 Å². The highest BCUT2D eigenvalue weighted by molar-refractivity contribution is 6.08. The molecular formula is C34H39N5O6. The fraction of sp³-hybridized carbons (Fsp3) is 0.324. The number of benzene rings is 3. The van der Waals surface area contributed by atoms with E-state index < -0.39 is 12.1 Å². The number of aliphatic hydroxyl groups is 1. The van der Waals surface area contributed by atoms with Crippen LogP contribution in [0.3, 0.4) is 0 Å². The topological polar surface area (TPSA) is 134 Å². The lowest BCUT2D eigenvalue weighted by Crippen LogP contribution is -2.22. The number of fused-ring (bicyclic) bond motifs is 1. The Hall–Kier alpha value is -4.87. The smallest absolute Gasteiger partial charge is 0.411 e. The van der Waals surface area contributed by atoms with Crippen LogP contribution in [0.5, 0.6) is 17.2 Å². The lowest BCUT2D eigenvalue weighted by Gasteiger charge is -2.24. The van der Waals surface area contributed by atoms with E-state index in [1.807, 2.05) is 63.2 Å². The summed E-state index contributed by atoms with van der Waals surface area (Å²) in [6.07, 6.45) is 1.54. The highest BCUT2D eigenvalue weighted by atomic mass is 16.5. The number of pyridine rings is 1. The van der Waals surface area contributed by atoms with Gasteiger partial charge in [0.1, 0.15) is 11.5 Å². The SMILES string of the molecule is COC(=O)Nc1cc(C(C)(C)C)cc(NC(=O)Nc2ccc(Oc3ccnc(CN4CCC(O)C4)c3)c3ccccc23)c1OC. The largest absolute Gasteiger partial charge is 0.492 e. The van der Waals surface area contributed by atoms with Crippen molar-refractivity contribution in [1.82, 2.24) is 9.88 Å². The molecule has 11 heteroatoms. The summed E-state index contributed by atoms with van der Waals surface area (Å²) in [4.78, 5) is 32.1. The van der Waals surface area contributed by atoms with E-state index in [0.717, 1.165) is 35.0 Å². The van der Waals surface area contributed by atoms with Gasteiger partial charge < -0.3 is 30.0 Å². The zero-order valence-corrected chi connectivity index (χ0v) is 26.1. The summed E-state index contributed by atoms with van der Waals surface area (Å²) in [6, 6.07) is 18.1. The maximum Gasteiger partial charge on any atom is 0.411 e. The fourth-order valence-corrected chi connectivity index (χ4v) is 5.29. The number of carbonyl (C=O) groups excluding carboxylic acids is 2. The Kier molecular flexibility index (Phi) is 9.40. The van der Waals surface area contributed by atoms with Crippen LogP contribution in [0.2, 0.25) is 0 Å². The summed E-state index contributed by atoms with van der Waals surface area (Å²) < 4.78 is 16.7. The number of likely N-dealkylation sites (tertiary alicyclic amines) is 1. The van der Waals surface area contributed by atoms with Crippen molar-refractivity contribution >= 4 is 40.0 Å². The van der Waals surface area contributed by atoms with Crippen molar-refractivity contribution in [3.05, 3.63) is 78.1 Å². The van der Waals surface area contributed by atoms with Gasteiger partial charge in [-0.05, 0) is 47.7 Å². The van der Waals surface area contributed by atoms with Gasteiger partial charge in [-0.1, -0.05) is 45.0 Å². The third-order valence-corrected chi connectivity index (χ3v) is 7.61. The van der Waals surface area contributed by atoms with Gasteiger partial charge in [-0.2, -0.15) is 0 Å². The van der Waals surface area contributed by atoms with E-state index in [4.69, 9.17) is 14.2 Å². The number of β-amino-alcohol motifs (C(OH)–C–C–N with tert-alkyl or cyclic N) is 1. The van der Waals surface area contributed by atoms with Crippen molar-refractivity contribution < 1.29 is 28.9 Å². The van der Waals surface area contributed by atoms with Gasteiger partial charge >= 0.3 is 12.1 Å². The molecule has 0 radical (unpaired) electrons. The highest BCUT2D eigenvalue weighted by Crippen LogP contribution is 2.39. The number of carbonyl (C=O) groups is 2. The molecule has 1 fully saturated rings. The lowest BCUT2D eigenvalue weighted by molar-refractivity contribution is 0.174. The van der Waals surface area contributed by atoms with Crippen LogP contribution in [0.4, 0.5) is 26.7 Å². The monoisotopic (exact) mass is 613 g/mol. The van der Waals surface area contributed by atoms with E-state index in [-0.39, 0.29) is 17.3 Å². The Morgan fingerprint density at radius 1 is 0.956 bits per heavy atom. The van der Waals surface area contributed by atoms with Gasteiger partial charge in [0, 0.05) is 42.7 Å². The van der Waals surface area contributed by atoms with Gasteiger partial charge in [-0.3, -0.25) is 15.2 Å². The lowest BCUT2D eigenvalue weighted by atomic mass is 9.86. The Bertz CT molecular complexity index is 1700. The molecule has 1 saturated heterocycles. The summed E-state index contributed by atoms with van der Waals surface area (Å²) in [5, 5.41) is 20.0. The van der Waals surface area contributed by atoms with Crippen LogP contribution in [0.25, 0.3) is 10.8 Å². The van der Waals surface area contributed by atoms with Gasteiger partial charge in [-0.15, -0.1) is 0 Å². The van der Waals surface area contributed by atoms with Gasteiger partial charge in [0.15, 0.2) is 5.75 Å². The van der Waals surface area contributed by atoms with Crippen molar-refractivity contribution in [2.24, 2.45) is 0 Å². The number of nitrogens with zero attached hydrogens (tertiary/aromatic N) is 2. The van der Waals surface area contributed by atoms with Gasteiger partial charge in [-0.25, -0.2) is 9.59 Å². The number of urea groups is 1. The zero-order chi connectivity index (χ0) is 32.1. The number of aliphatic hydroxyl groups excluding tert-OH is 1. The minimum atomic E-state index is -0.655. The number of nitrogens with one attached hydrogen (secondary N) is 3. The average Bonchev–Trinajstić information content (AvgIpc) is 3.42. The Balaban J connectivity index is 1.37. The van der Waals surface area contributed by atoms with Gasteiger partial charge in [0.05, 0.1) is 43.1 Å². The summed E-state index contributed by atoms with van der Waals surface area (Å²) in [5.41, 5.74) is 2.78. The Morgan fingerprint density at radius 2 is 1.67 bits per heavy atom. The molecule has 0 spiro atoms. The molecule has 1 unspecified atom stereocenters. The van der Waals surface area contributed by atoms with Crippen molar-refractivity contribution in [3.8, 4) is 17.2 Å². The third kappa shape index (κ3) is 7.62. The third-order valence-electron chi connectivity index (χ3n) is 7.61. The van der Waals surface area contributed by atoms with Crippen molar-refractivity contribution in [3.63, 3.8) is 0 Å². The van der Waals surface area contributed by atoms with E-state index in [1.165, 1.54) is 14.2 Å². The molecule has 0 bridgehead atoms. The van der Waals surface area contributed by atoms with Crippen LogP contribution in [0.1, 0.15) is 38.4 Å². The van der Waals surface area contributed by atoms with Gasteiger partial charge in [0.2, 0.25) is 0 Å². The molecule has 236 valence electrons. The quantitative estimate of drug-likeness (QED) is 0.172. The highest BCUT2D eigenvalue weighted by Gasteiger charge is 2.23. The first-order valence-electron chi connectivity index (χ1n) is 14.7. The second kappa shape index (κ2) is 13.4. The van der Waals surface area contributed by atoms with Crippen LogP contribution in [0.15, 0.2) is 66.9 Å². The summed E-state index contributed by atoms with van der Waals surface area (Å²) in [7, 11) is 2.74. The Labute approximate surface area is 262 Å². The van der Waals surface area contributed by atoms with Crippen LogP contribution in [-0.4, -0.2) is 60.5 Å². The van der Waals surface area contributed by atoms with Crippen LogP contribution in [0, 0.1) is 0 Å². The minimum absolute atomic E-state index is 0.287. The predicted octanol–water partition coefficient (Wildman–Crippen LogP) is 6.72. The average molecular weight is 614 g/mol. The number of rotatable bonds is 8. The number of hydrogen-bond acceptors (Lipinski definition) is 8. The normalized spacial score (nSPS) is 15.0. The van der Waals surface area contributed by atoms with E-state index >= 15 is 0 Å². The molecule has 1 atom stereocenters. The molecule has 4 aromatic rings. The van der Waals surface area contributed by atoms with Gasteiger partial charge in [0.25, 0.3) is 0 Å². The number of hydrogen-bond donors (Lipinski definition) is 4. The second-order valence-corrected chi connectivity index (χ2v) is 12.0. The maximum absolute atomic E-state index is 13.4. The first kappa shape index (κ1) is 31.6. The molecule has 4 N–H and O–H groups in total. The van der Waals surface area contributed by atoms with E-state index in [9.17, 15) is 14.7 Å². The standard InChI is InChI=1S/C34H39N5O6/c1-34(2,3)21-16-28(31(43-4)29(17-21)38-33(42)44-5)37-32(41)36-27-10-11-30(26-9-7-6-8-25(26)27)45-24-12-14-35-22(18-24)19-39-15-13-23(40)20-39/h6-12,14,16-18,23,40H,13,15,19-20H2,1-5H3,(H,38,42)(H2,36,37,41). The number of ether oxygens (including phenoxy) is 3. The summed E-state index contributed by atoms with van der Waals surface area (Å²) in [5.74, 6) is 1.56. The van der Waals surface area contributed by atoms with Crippen LogP contribution < -0.4 is 25.4 Å². The van der Waals surface area contributed by atoms with Crippen molar-refractivity contribution in [2.75, 3.05) is 43.3 Å². The van der Waals surface area contributed by atoms with Crippen LogP contribution in [-0.2, 0) is 16.7 Å². The minimum Gasteiger partial charge on any atom is -0.492 e. The van der Waals surface area contributed by atoms with Crippen LogP contribution >= 0.6 is 0 Å². The molecule has 45 heavy (non-hydrogen) atoms. The molecule has 1 aromatic heterocycles. The molecule has 11 nitrogen and oxygen atoms in total. The summed E-state index contributed by atoms with van der Waals surface area (Å²) >= 11 is 0. The first-order chi connectivity index (χ1) is 21.5. The Morgan fingerprint density at radius 3 is 2.33 bits per heavy atom. The van der Waals surface area contributed by atoms with Crippen molar-refractivity contribution in [2.45, 2.75) is 45.3 Å². The molecule has 5 rings (SSSR count). The zero-order valence-electron chi connectivity index (χ0n) is 26.1. The fourth-order valence-electron chi connectivity index (χ4n) is 5.29. The molecule has 2 heterocycles. The number of aromatic nitrogens is 1. The second-order valence-electron chi connectivity index (χ2n) is 12.0. The molecular weight excluding hydrogens is 574 g/mol. The predicted molar refractivity (Wildman–Crippen MR) is 175 cm³/mol. The van der Waals surface area contributed by atoms with E-state index in [2.05, 4.69) is 25.8 Å². The van der Waals surface area contributed by atoms with Crippen molar-refractivity contribution in [1.29, 1.82) is 0 Å². The molecule has 0 aliphatic carbocycles. The summed E-state index contributed by atoms with van der Waals surface area (Å²) in [6.45, 7) is 8.20. The number of methoxy groups -OCH3 is 2.